The molecule has 4 heterocycles. The first-order chi connectivity index (χ1) is 25.3. The summed E-state index contributed by atoms with van der Waals surface area (Å²) in [5.41, 5.74) is 7.89. The molecule has 4 aromatic heterocycles. The Kier molecular flexibility index (Phi) is 6.05. The largest absolute Gasteiger partial charge is 0.455 e. The smallest absolute Gasteiger partial charge is 0.167 e. The van der Waals surface area contributed by atoms with Crippen molar-refractivity contribution in [3.63, 3.8) is 0 Å². The summed E-state index contributed by atoms with van der Waals surface area (Å²) in [4.78, 5) is 15.4. The van der Waals surface area contributed by atoms with Gasteiger partial charge >= 0.3 is 0 Å². The predicted molar refractivity (Wildman–Crippen MR) is 211 cm³/mol. The highest BCUT2D eigenvalue weighted by Gasteiger charge is 2.22. The summed E-state index contributed by atoms with van der Waals surface area (Å²) < 4.78 is 11.2. The molecule has 7 aromatic carbocycles. The SMILES string of the molecule is c1ccc(-c2nc(-c3cccc4c3oc3ccccc34)nc(-c3cccc4c3sc3c4ccc4c3c3ccccc3n4-c3ccccc3)n2)cc1. The lowest BCUT2D eigenvalue weighted by atomic mass is 10.1. The van der Waals surface area contributed by atoms with Crippen LogP contribution in [0.25, 0.3) is 104 Å². The van der Waals surface area contributed by atoms with Crippen molar-refractivity contribution in [2.75, 3.05) is 0 Å². The zero-order chi connectivity index (χ0) is 33.5. The molecule has 0 radical (unpaired) electrons. The number of para-hydroxylation sites is 4. The summed E-state index contributed by atoms with van der Waals surface area (Å²) in [7, 11) is 0. The molecule has 0 atom stereocenters. The highest BCUT2D eigenvalue weighted by atomic mass is 32.1. The Morgan fingerprint density at radius 1 is 0.431 bits per heavy atom. The van der Waals surface area contributed by atoms with Crippen LogP contribution in [0.5, 0.6) is 0 Å². The lowest BCUT2D eigenvalue weighted by Gasteiger charge is -2.09. The Labute approximate surface area is 295 Å². The van der Waals surface area contributed by atoms with Crippen LogP contribution in [0.2, 0.25) is 0 Å². The van der Waals surface area contributed by atoms with Crippen molar-refractivity contribution in [3.05, 3.63) is 158 Å². The molecule has 238 valence electrons. The number of furan rings is 1. The van der Waals surface area contributed by atoms with Crippen LogP contribution < -0.4 is 0 Å². The molecule has 6 heteroatoms. The van der Waals surface area contributed by atoms with E-state index >= 15 is 0 Å². The molecule has 0 N–H and O–H groups in total. The summed E-state index contributed by atoms with van der Waals surface area (Å²) in [6, 6.07) is 54.8. The van der Waals surface area contributed by atoms with E-state index < -0.39 is 0 Å². The van der Waals surface area contributed by atoms with E-state index in [2.05, 4.69) is 108 Å². The fraction of sp³-hybridized carbons (Fsp3) is 0. The van der Waals surface area contributed by atoms with Gasteiger partial charge in [0.2, 0.25) is 0 Å². The molecular weight excluding hydrogens is 645 g/mol. The minimum Gasteiger partial charge on any atom is -0.455 e. The number of hydrogen-bond acceptors (Lipinski definition) is 5. The van der Waals surface area contributed by atoms with Gasteiger partial charge in [-0.25, -0.2) is 15.0 Å². The van der Waals surface area contributed by atoms with E-state index in [-0.39, 0.29) is 0 Å². The van der Waals surface area contributed by atoms with E-state index in [0.29, 0.717) is 17.5 Å². The fourth-order valence-electron chi connectivity index (χ4n) is 7.60. The van der Waals surface area contributed by atoms with Crippen molar-refractivity contribution in [1.29, 1.82) is 0 Å². The van der Waals surface area contributed by atoms with Gasteiger partial charge in [-0.2, -0.15) is 0 Å². The minimum absolute atomic E-state index is 0.579. The van der Waals surface area contributed by atoms with Crippen molar-refractivity contribution in [1.82, 2.24) is 19.5 Å². The van der Waals surface area contributed by atoms with E-state index in [1.165, 1.54) is 37.3 Å². The summed E-state index contributed by atoms with van der Waals surface area (Å²) in [6.45, 7) is 0. The molecular formula is C45H26N4OS. The van der Waals surface area contributed by atoms with Crippen LogP contribution in [0.15, 0.2) is 162 Å². The number of nitrogens with zero attached hydrogens (tertiary/aromatic N) is 4. The molecule has 5 nitrogen and oxygen atoms in total. The van der Waals surface area contributed by atoms with Gasteiger partial charge in [0.25, 0.3) is 0 Å². The molecule has 0 saturated heterocycles. The molecule has 0 aliphatic heterocycles. The lowest BCUT2D eigenvalue weighted by molar-refractivity contribution is 0.669. The summed E-state index contributed by atoms with van der Waals surface area (Å²) in [5.74, 6) is 1.83. The van der Waals surface area contributed by atoms with Crippen molar-refractivity contribution in [3.8, 4) is 39.9 Å². The average Bonchev–Trinajstić information content (AvgIpc) is 3.88. The molecule has 11 rings (SSSR count). The van der Waals surface area contributed by atoms with Gasteiger partial charge in [-0.05, 0) is 42.5 Å². The summed E-state index contributed by atoms with van der Waals surface area (Å²) >= 11 is 1.81. The highest BCUT2D eigenvalue weighted by molar-refractivity contribution is 7.27. The van der Waals surface area contributed by atoms with Gasteiger partial charge < -0.3 is 8.98 Å². The van der Waals surface area contributed by atoms with Gasteiger partial charge in [-0.1, -0.05) is 115 Å². The molecule has 0 fully saturated rings. The molecule has 0 spiro atoms. The predicted octanol–water partition coefficient (Wildman–Crippen LogP) is 12.2. The molecule has 0 saturated carbocycles. The first kappa shape index (κ1) is 28.2. The molecule has 0 bridgehead atoms. The van der Waals surface area contributed by atoms with Crippen molar-refractivity contribution < 1.29 is 4.42 Å². The van der Waals surface area contributed by atoms with Crippen LogP contribution >= 0.6 is 11.3 Å². The number of thiophene rings is 1. The van der Waals surface area contributed by atoms with Crippen LogP contribution in [0, 0.1) is 0 Å². The Morgan fingerprint density at radius 2 is 1.06 bits per heavy atom. The number of fused-ring (bicyclic) bond motifs is 10. The first-order valence-electron chi connectivity index (χ1n) is 17.0. The van der Waals surface area contributed by atoms with Crippen LogP contribution in [-0.4, -0.2) is 19.5 Å². The van der Waals surface area contributed by atoms with Gasteiger partial charge in [0, 0.05) is 58.5 Å². The van der Waals surface area contributed by atoms with E-state index in [1.54, 1.807) is 0 Å². The minimum atomic E-state index is 0.579. The molecule has 0 aliphatic carbocycles. The number of aromatic nitrogens is 4. The highest BCUT2D eigenvalue weighted by Crippen LogP contribution is 2.46. The number of rotatable bonds is 4. The van der Waals surface area contributed by atoms with E-state index in [0.717, 1.165) is 49.0 Å². The Balaban J connectivity index is 1.19. The summed E-state index contributed by atoms with van der Waals surface area (Å²) in [5, 5.41) is 7.02. The quantitative estimate of drug-likeness (QED) is 0.187. The van der Waals surface area contributed by atoms with Gasteiger partial charge in [0.05, 0.1) is 16.6 Å². The number of benzene rings is 7. The third-order valence-corrected chi connectivity index (χ3v) is 11.1. The Bertz CT molecular complexity index is 3140. The van der Waals surface area contributed by atoms with Gasteiger partial charge in [-0.3, -0.25) is 0 Å². The monoisotopic (exact) mass is 670 g/mol. The van der Waals surface area contributed by atoms with Crippen molar-refractivity contribution >= 4 is 75.3 Å². The van der Waals surface area contributed by atoms with Gasteiger partial charge in [-0.15, -0.1) is 11.3 Å². The molecule has 51 heavy (non-hydrogen) atoms. The van der Waals surface area contributed by atoms with Gasteiger partial charge in [0.1, 0.15) is 11.2 Å². The standard InChI is InChI=1S/C45H26N4OS/c1-3-13-27(14-4-1)43-46-44(34-21-11-19-30-29-17-8-10-24-38(29)50-40(30)34)48-45(47-43)35-22-12-20-31-32-25-26-37-39(42(32)51-41(31)35)33-18-7-9-23-36(33)49(37)28-15-5-2-6-16-28/h1-26H. The zero-order valence-corrected chi connectivity index (χ0v) is 27.9. The maximum atomic E-state index is 6.45. The number of hydrogen-bond donors (Lipinski definition) is 0. The second-order valence-electron chi connectivity index (χ2n) is 12.8. The molecule has 0 amide bonds. The van der Waals surface area contributed by atoms with E-state index in [1.807, 2.05) is 65.9 Å². The van der Waals surface area contributed by atoms with Crippen LogP contribution in [-0.2, 0) is 0 Å². The third kappa shape index (κ3) is 4.24. The normalized spacial score (nSPS) is 11.9. The summed E-state index contributed by atoms with van der Waals surface area (Å²) in [6.07, 6.45) is 0. The van der Waals surface area contributed by atoms with Crippen LogP contribution in [0.4, 0.5) is 0 Å². The third-order valence-electron chi connectivity index (χ3n) is 9.87. The molecule has 11 aromatic rings. The average molecular weight is 671 g/mol. The first-order valence-corrected chi connectivity index (χ1v) is 17.8. The topological polar surface area (TPSA) is 56.7 Å². The van der Waals surface area contributed by atoms with E-state index in [4.69, 9.17) is 19.4 Å². The maximum Gasteiger partial charge on any atom is 0.167 e. The van der Waals surface area contributed by atoms with Crippen molar-refractivity contribution in [2.45, 2.75) is 0 Å². The van der Waals surface area contributed by atoms with Gasteiger partial charge in [0.15, 0.2) is 17.5 Å². The van der Waals surface area contributed by atoms with Crippen LogP contribution in [0.1, 0.15) is 0 Å². The van der Waals surface area contributed by atoms with E-state index in [9.17, 15) is 0 Å². The second-order valence-corrected chi connectivity index (χ2v) is 13.8. The Hall–Kier alpha value is -6.63. The zero-order valence-electron chi connectivity index (χ0n) is 27.1. The van der Waals surface area contributed by atoms with Crippen LogP contribution in [0.3, 0.4) is 0 Å². The van der Waals surface area contributed by atoms with Crippen molar-refractivity contribution in [2.24, 2.45) is 0 Å². The Morgan fingerprint density at radius 3 is 1.90 bits per heavy atom. The fourth-order valence-corrected chi connectivity index (χ4v) is 8.96. The molecule has 0 aliphatic rings. The second kappa shape index (κ2) is 10.9. The molecule has 0 unspecified atom stereocenters. The lowest BCUT2D eigenvalue weighted by Crippen LogP contribution is -2.00. The maximum absolute atomic E-state index is 6.45.